The zero-order valence-electron chi connectivity index (χ0n) is 24.6. The number of ether oxygens (including phenoxy) is 1. The van der Waals surface area contributed by atoms with E-state index in [0.29, 0.717) is 10.7 Å². The maximum absolute atomic E-state index is 12.7. The second-order valence-corrected chi connectivity index (χ2v) is 8.29. The van der Waals surface area contributed by atoms with Crippen LogP contribution in [-0.4, -0.2) is 69.3 Å². The predicted molar refractivity (Wildman–Crippen MR) is 162 cm³/mol. The molecule has 0 unspecified atom stereocenters. The van der Waals surface area contributed by atoms with Crippen LogP contribution in [0, 0.1) is 12.3 Å². The molecule has 7 heteroatoms. The second kappa shape index (κ2) is 23.7. The molecule has 0 aliphatic heterocycles. The van der Waals surface area contributed by atoms with Gasteiger partial charge in [-0.2, -0.15) is 0 Å². The van der Waals surface area contributed by atoms with Gasteiger partial charge in [-0.15, -0.1) is 24.1 Å². The third-order valence-electron chi connectivity index (χ3n) is 4.51. The minimum Gasteiger partial charge on any atom is -0.497 e. The van der Waals surface area contributed by atoms with Crippen molar-refractivity contribution in [1.29, 1.82) is 0 Å². The van der Waals surface area contributed by atoms with Crippen LogP contribution in [0.5, 0.6) is 0 Å². The first-order valence-electron chi connectivity index (χ1n) is 11.8. The molecule has 0 aromatic carbocycles. The van der Waals surface area contributed by atoms with E-state index >= 15 is 0 Å². The summed E-state index contributed by atoms with van der Waals surface area (Å²) in [4.78, 5) is 25.1. The Balaban J connectivity index is -0.000000647. The van der Waals surface area contributed by atoms with Crippen molar-refractivity contribution >= 4 is 29.7 Å². The van der Waals surface area contributed by atoms with Crippen molar-refractivity contribution in [2.24, 2.45) is 9.98 Å². The van der Waals surface area contributed by atoms with Crippen molar-refractivity contribution in [1.82, 2.24) is 9.80 Å². The van der Waals surface area contributed by atoms with Gasteiger partial charge in [0.05, 0.1) is 18.4 Å². The number of methoxy groups -OCH3 is 1. The summed E-state index contributed by atoms with van der Waals surface area (Å²) in [6, 6.07) is 0. The van der Waals surface area contributed by atoms with Crippen LogP contribution in [0.3, 0.4) is 0 Å². The summed E-state index contributed by atoms with van der Waals surface area (Å²) in [5.74, 6) is 2.69. The Morgan fingerprint density at radius 1 is 1.19 bits per heavy atom. The smallest absolute Gasteiger partial charge is 0.269 e. The minimum absolute atomic E-state index is 0.101. The highest BCUT2D eigenvalue weighted by atomic mass is 32.2. The first-order valence-corrected chi connectivity index (χ1v) is 13.0. The Hall–Kier alpha value is -2.98. The Kier molecular flexibility index (Phi) is 24.8. The number of rotatable bonds is 11. The van der Waals surface area contributed by atoms with E-state index in [2.05, 4.69) is 60.9 Å². The fourth-order valence-electron chi connectivity index (χ4n) is 2.66. The summed E-state index contributed by atoms with van der Waals surface area (Å²) in [5.41, 5.74) is 4.06. The molecule has 0 aliphatic rings. The van der Waals surface area contributed by atoms with Crippen molar-refractivity contribution in [3.05, 3.63) is 58.5 Å². The molecule has 0 saturated carbocycles. The van der Waals surface area contributed by atoms with Crippen LogP contribution in [0.15, 0.2) is 68.5 Å². The molecule has 0 aromatic rings. The number of nitrogens with zero attached hydrogens (tertiary/aromatic N) is 4. The maximum Gasteiger partial charge on any atom is 0.269 e. The highest BCUT2D eigenvalue weighted by Gasteiger charge is 2.20. The Bertz CT molecular complexity index is 885. The summed E-state index contributed by atoms with van der Waals surface area (Å²) in [6.07, 6.45) is 17.6. The Morgan fingerprint density at radius 3 is 2.08 bits per heavy atom. The Labute approximate surface area is 225 Å². The average molecular weight is 517 g/mol. The molecule has 36 heavy (non-hydrogen) atoms. The summed E-state index contributed by atoms with van der Waals surface area (Å²) in [5, 5.41) is 0. The number of allylic oxidation sites excluding steroid dienone is 6. The SMILES string of the molecule is C#CC.C=C(/C=C(C)\C(=C/CC)N(C=NC)C(=O)/C(=C/C)SC)OC.CC/C(=C\C(C)=NC)N(C)C. The fraction of sp³-hybridized carbons (Fsp3) is 0.483. The highest BCUT2D eigenvalue weighted by Crippen LogP contribution is 2.22. The Morgan fingerprint density at radius 2 is 1.75 bits per heavy atom. The lowest BCUT2D eigenvalue weighted by Gasteiger charge is -2.23. The number of carbonyl (C=O) groups excluding carboxylic acids is 1. The summed E-state index contributed by atoms with van der Waals surface area (Å²) in [6.45, 7) is 15.4. The standard InChI is InChI=1S/C17H26N2O2S.C9H18N2.C3H4/c1-8-10-15(13(3)11-14(4)21-6)19(12-18-5)17(20)16(9-2)22-7;1-6-9(11(4)5)7-8(2)10-3;1-3-2/h9-12H,4,8H2,1-3,5-7H3;7H,6H2,1-5H3;1H,2H3/b13-11-,15-10+,16-9-,18-12?;9-7+,10-8?;. The van der Waals surface area contributed by atoms with E-state index < -0.39 is 0 Å². The molecule has 0 rings (SSSR count). The molecule has 6 nitrogen and oxygen atoms in total. The molecule has 0 fully saturated rings. The van der Waals surface area contributed by atoms with Gasteiger partial charge in [0, 0.05) is 45.3 Å². The van der Waals surface area contributed by atoms with E-state index in [0.717, 1.165) is 29.8 Å². The number of carbonyl (C=O) groups is 1. The van der Waals surface area contributed by atoms with Crippen LogP contribution in [0.25, 0.3) is 0 Å². The molecular formula is C29H48N4O2S. The monoisotopic (exact) mass is 516 g/mol. The molecule has 0 aliphatic carbocycles. The largest absolute Gasteiger partial charge is 0.497 e. The van der Waals surface area contributed by atoms with E-state index in [-0.39, 0.29) is 5.91 Å². The van der Waals surface area contributed by atoms with Gasteiger partial charge >= 0.3 is 0 Å². The first-order chi connectivity index (χ1) is 17.0. The maximum atomic E-state index is 12.7. The van der Waals surface area contributed by atoms with Crippen molar-refractivity contribution in [2.45, 2.75) is 54.4 Å². The molecule has 0 saturated heterocycles. The van der Waals surface area contributed by atoms with Gasteiger partial charge in [-0.1, -0.05) is 32.6 Å². The molecule has 0 atom stereocenters. The van der Waals surface area contributed by atoms with Crippen molar-refractivity contribution in [2.75, 3.05) is 41.6 Å². The second-order valence-electron chi connectivity index (χ2n) is 7.44. The van der Waals surface area contributed by atoms with Crippen LogP contribution in [0.2, 0.25) is 0 Å². The van der Waals surface area contributed by atoms with Gasteiger partial charge in [-0.3, -0.25) is 19.7 Å². The van der Waals surface area contributed by atoms with Crippen LogP contribution in [0.4, 0.5) is 0 Å². The quantitative estimate of drug-likeness (QED) is 0.0764. The third kappa shape index (κ3) is 16.6. The number of hydrogen-bond acceptors (Lipinski definition) is 6. The molecule has 0 spiro atoms. The highest BCUT2D eigenvalue weighted by molar-refractivity contribution is 8.03. The number of thioether (sulfide) groups is 1. The molecule has 202 valence electrons. The summed E-state index contributed by atoms with van der Waals surface area (Å²) < 4.78 is 5.09. The number of aliphatic imine (C=N–C) groups is 2. The van der Waals surface area contributed by atoms with Gasteiger partial charge in [0.2, 0.25) is 0 Å². The third-order valence-corrected chi connectivity index (χ3v) is 5.36. The lowest BCUT2D eigenvalue weighted by atomic mass is 10.1. The number of terminal acetylenes is 1. The predicted octanol–water partition coefficient (Wildman–Crippen LogP) is 6.71. The lowest BCUT2D eigenvalue weighted by Crippen LogP contribution is -2.30. The molecule has 1 amide bonds. The minimum atomic E-state index is -0.101. The van der Waals surface area contributed by atoms with E-state index in [1.54, 1.807) is 38.1 Å². The average Bonchev–Trinajstić information content (AvgIpc) is 2.85. The summed E-state index contributed by atoms with van der Waals surface area (Å²) >= 11 is 1.42. The molecule has 0 aromatic heterocycles. The molecular weight excluding hydrogens is 468 g/mol. The van der Waals surface area contributed by atoms with Crippen LogP contribution >= 0.6 is 11.8 Å². The van der Waals surface area contributed by atoms with Gasteiger partial charge in [0.1, 0.15) is 5.76 Å². The van der Waals surface area contributed by atoms with Crippen molar-refractivity contribution < 1.29 is 9.53 Å². The lowest BCUT2D eigenvalue weighted by molar-refractivity contribution is -0.121. The van der Waals surface area contributed by atoms with E-state index in [1.807, 2.05) is 47.1 Å². The zero-order valence-corrected chi connectivity index (χ0v) is 25.4. The zero-order chi connectivity index (χ0) is 28.7. The first kappa shape index (κ1) is 37.6. The van der Waals surface area contributed by atoms with Crippen LogP contribution < -0.4 is 0 Å². The van der Waals surface area contributed by atoms with Crippen molar-refractivity contribution in [3.8, 4) is 12.3 Å². The van der Waals surface area contributed by atoms with E-state index in [1.165, 1.54) is 23.8 Å². The van der Waals surface area contributed by atoms with Gasteiger partial charge < -0.3 is 9.64 Å². The van der Waals surface area contributed by atoms with Crippen molar-refractivity contribution in [3.63, 3.8) is 0 Å². The van der Waals surface area contributed by atoms with Crippen LogP contribution in [-0.2, 0) is 9.53 Å². The van der Waals surface area contributed by atoms with Gasteiger partial charge in [-0.05, 0) is 64.5 Å². The molecule has 0 heterocycles. The molecule has 0 bridgehead atoms. The normalized spacial score (nSPS) is 12.6. The number of amides is 1. The van der Waals surface area contributed by atoms with Gasteiger partial charge in [0.15, 0.2) is 0 Å². The van der Waals surface area contributed by atoms with Crippen LogP contribution in [0.1, 0.15) is 54.4 Å². The molecule has 0 radical (unpaired) electrons. The van der Waals surface area contributed by atoms with Gasteiger partial charge in [-0.25, -0.2) is 0 Å². The summed E-state index contributed by atoms with van der Waals surface area (Å²) in [7, 11) is 9.13. The van der Waals surface area contributed by atoms with Gasteiger partial charge in [0.25, 0.3) is 5.91 Å². The number of hydrogen-bond donors (Lipinski definition) is 0. The molecule has 0 N–H and O–H groups in total. The van der Waals surface area contributed by atoms with E-state index in [9.17, 15) is 4.79 Å². The topological polar surface area (TPSA) is 57.5 Å². The van der Waals surface area contributed by atoms with E-state index in [4.69, 9.17) is 4.74 Å². The fourth-order valence-corrected chi connectivity index (χ4v) is 3.17.